The maximum absolute atomic E-state index is 13.8. The fourth-order valence-corrected chi connectivity index (χ4v) is 5.38. The number of amides is 1. The lowest BCUT2D eigenvalue weighted by atomic mass is 9.98. The van der Waals surface area contributed by atoms with Crippen molar-refractivity contribution in [2.24, 2.45) is 0 Å². The Morgan fingerprint density at radius 3 is 2.42 bits per heavy atom. The number of piperidine rings is 1. The van der Waals surface area contributed by atoms with Crippen LogP contribution in [0.2, 0.25) is 0 Å². The van der Waals surface area contributed by atoms with Crippen molar-refractivity contribution < 1.29 is 22.7 Å². The van der Waals surface area contributed by atoms with Crippen LogP contribution in [0.5, 0.6) is 0 Å². The summed E-state index contributed by atoms with van der Waals surface area (Å²) in [6.07, 6.45) is 0.0747. The number of anilines is 2. The third-order valence-electron chi connectivity index (χ3n) is 7.09. The van der Waals surface area contributed by atoms with Crippen LogP contribution in [0.1, 0.15) is 67.0 Å². The van der Waals surface area contributed by atoms with Crippen molar-refractivity contribution >= 4 is 17.7 Å². The average Bonchev–Trinajstić information content (AvgIpc) is 3.33. The van der Waals surface area contributed by atoms with Crippen LogP contribution >= 0.6 is 0 Å². The number of halogens is 3. The number of benzene rings is 1. The van der Waals surface area contributed by atoms with Gasteiger partial charge >= 0.3 is 12.3 Å². The van der Waals surface area contributed by atoms with E-state index in [0.29, 0.717) is 31.6 Å². The average molecular weight is 461 g/mol. The Morgan fingerprint density at radius 2 is 1.73 bits per heavy atom. The van der Waals surface area contributed by atoms with E-state index >= 15 is 0 Å². The standard InChI is InChI=1S/C24H27F3N4O2/c1-15-20(16-6-2-3-7-16)28-22(29-21(15)24(25,26)27)30-12-10-18(11-13-30)31-19-9-5-4-8-17(19)14-33-23(31)32/h4-5,8-9,16,18H,2-3,6-7,10-14H2,1H3. The van der Waals surface area contributed by atoms with Gasteiger partial charge in [-0.25, -0.2) is 14.8 Å². The van der Waals surface area contributed by atoms with E-state index in [9.17, 15) is 18.0 Å². The molecule has 33 heavy (non-hydrogen) atoms. The first-order valence-corrected chi connectivity index (χ1v) is 11.6. The number of carbonyl (C=O) groups is 1. The van der Waals surface area contributed by atoms with Gasteiger partial charge in [0.25, 0.3) is 0 Å². The minimum atomic E-state index is -4.52. The summed E-state index contributed by atoms with van der Waals surface area (Å²) in [5.41, 5.74) is 1.67. The number of aromatic nitrogens is 2. The Hall–Kier alpha value is -2.84. The van der Waals surface area contributed by atoms with E-state index < -0.39 is 11.9 Å². The molecule has 0 radical (unpaired) electrons. The molecule has 0 atom stereocenters. The molecule has 3 aliphatic rings. The maximum atomic E-state index is 13.8. The van der Waals surface area contributed by atoms with Crippen molar-refractivity contribution in [2.75, 3.05) is 22.9 Å². The van der Waals surface area contributed by atoms with Crippen LogP contribution in [0.25, 0.3) is 0 Å². The molecule has 1 amide bonds. The lowest BCUT2D eigenvalue weighted by molar-refractivity contribution is -0.141. The molecule has 2 aromatic rings. The van der Waals surface area contributed by atoms with Gasteiger partial charge in [-0.3, -0.25) is 4.90 Å². The number of alkyl halides is 3. The van der Waals surface area contributed by atoms with Gasteiger partial charge in [0.1, 0.15) is 6.61 Å². The highest BCUT2D eigenvalue weighted by molar-refractivity contribution is 5.91. The fraction of sp³-hybridized carbons (Fsp3) is 0.542. The topological polar surface area (TPSA) is 58.6 Å². The van der Waals surface area contributed by atoms with Gasteiger partial charge in [0, 0.05) is 36.2 Å². The zero-order valence-corrected chi connectivity index (χ0v) is 18.6. The normalized spacial score (nSPS) is 20.2. The third kappa shape index (κ3) is 4.13. The van der Waals surface area contributed by atoms with Gasteiger partial charge in [-0.1, -0.05) is 31.0 Å². The molecule has 2 aliphatic heterocycles. The monoisotopic (exact) mass is 460 g/mol. The van der Waals surface area contributed by atoms with Crippen molar-refractivity contribution in [1.82, 2.24) is 9.97 Å². The quantitative estimate of drug-likeness (QED) is 0.598. The summed E-state index contributed by atoms with van der Waals surface area (Å²) in [4.78, 5) is 24.7. The van der Waals surface area contributed by atoms with Crippen molar-refractivity contribution in [3.63, 3.8) is 0 Å². The number of para-hydroxylation sites is 1. The molecular weight excluding hydrogens is 433 g/mol. The van der Waals surface area contributed by atoms with Gasteiger partial charge in [-0.15, -0.1) is 0 Å². The molecule has 9 heteroatoms. The molecule has 1 aromatic heterocycles. The van der Waals surface area contributed by atoms with Crippen molar-refractivity contribution in [3.8, 4) is 0 Å². The Balaban J connectivity index is 1.39. The number of carbonyl (C=O) groups excluding carboxylic acids is 1. The van der Waals surface area contributed by atoms with Crippen molar-refractivity contribution in [2.45, 2.75) is 70.2 Å². The van der Waals surface area contributed by atoms with Crippen LogP contribution in [0.4, 0.5) is 29.6 Å². The Bertz CT molecular complexity index is 1040. The molecule has 3 heterocycles. The first kappa shape index (κ1) is 22.0. The summed E-state index contributed by atoms with van der Waals surface area (Å²) in [6.45, 7) is 2.69. The van der Waals surface area contributed by atoms with Crippen LogP contribution in [0.3, 0.4) is 0 Å². The highest BCUT2D eigenvalue weighted by atomic mass is 19.4. The fourth-order valence-electron chi connectivity index (χ4n) is 5.38. The number of cyclic esters (lactones) is 1. The molecule has 0 bridgehead atoms. The Labute approximate surface area is 190 Å². The van der Waals surface area contributed by atoms with E-state index in [1.54, 1.807) is 4.90 Å². The molecule has 0 unspecified atom stereocenters. The van der Waals surface area contributed by atoms with E-state index in [0.717, 1.165) is 36.9 Å². The van der Waals surface area contributed by atoms with Crippen molar-refractivity contribution in [3.05, 3.63) is 46.8 Å². The van der Waals surface area contributed by atoms with Gasteiger partial charge in [0.2, 0.25) is 5.95 Å². The van der Waals surface area contributed by atoms with Crippen molar-refractivity contribution in [1.29, 1.82) is 0 Å². The van der Waals surface area contributed by atoms with E-state index in [-0.39, 0.29) is 36.2 Å². The smallest absolute Gasteiger partial charge is 0.433 e. The number of ether oxygens (including phenoxy) is 1. The maximum Gasteiger partial charge on any atom is 0.433 e. The molecular formula is C24H27F3N4O2. The number of nitrogens with zero attached hydrogens (tertiary/aromatic N) is 4. The van der Waals surface area contributed by atoms with Crippen LogP contribution in [0.15, 0.2) is 24.3 Å². The largest absolute Gasteiger partial charge is 0.444 e. The molecule has 1 saturated heterocycles. The van der Waals surface area contributed by atoms with Gasteiger partial charge in [0.15, 0.2) is 5.69 Å². The third-order valence-corrected chi connectivity index (χ3v) is 7.09. The first-order valence-electron chi connectivity index (χ1n) is 11.6. The molecule has 6 nitrogen and oxygen atoms in total. The van der Waals surface area contributed by atoms with E-state index in [1.165, 1.54) is 6.92 Å². The van der Waals surface area contributed by atoms with Gasteiger partial charge in [-0.05, 0) is 38.7 Å². The second kappa shape index (κ2) is 8.50. The number of hydrogen-bond donors (Lipinski definition) is 0. The van der Waals surface area contributed by atoms with Gasteiger partial charge in [-0.2, -0.15) is 13.2 Å². The van der Waals surface area contributed by atoms with Crippen LogP contribution in [0, 0.1) is 6.92 Å². The summed E-state index contributed by atoms with van der Waals surface area (Å²) >= 11 is 0. The Kier molecular flexibility index (Phi) is 5.66. The minimum absolute atomic E-state index is 0.0602. The van der Waals surface area contributed by atoms with Gasteiger partial charge < -0.3 is 9.64 Å². The second-order valence-corrected chi connectivity index (χ2v) is 9.13. The summed E-state index contributed by atoms with van der Waals surface area (Å²) in [7, 11) is 0. The summed E-state index contributed by atoms with van der Waals surface area (Å²) < 4.78 is 46.7. The van der Waals surface area contributed by atoms with E-state index in [2.05, 4.69) is 9.97 Å². The second-order valence-electron chi connectivity index (χ2n) is 9.13. The Morgan fingerprint density at radius 1 is 1.03 bits per heavy atom. The van der Waals surface area contributed by atoms with E-state index in [4.69, 9.17) is 4.74 Å². The number of hydrogen-bond acceptors (Lipinski definition) is 5. The predicted molar refractivity (Wildman–Crippen MR) is 117 cm³/mol. The zero-order chi connectivity index (χ0) is 23.2. The molecule has 2 fully saturated rings. The lowest BCUT2D eigenvalue weighted by Gasteiger charge is -2.40. The molecule has 1 aromatic carbocycles. The summed E-state index contributed by atoms with van der Waals surface area (Å²) in [5, 5.41) is 0. The lowest BCUT2D eigenvalue weighted by Crippen LogP contribution is -2.50. The van der Waals surface area contributed by atoms with Crippen LogP contribution in [-0.4, -0.2) is 35.2 Å². The summed E-state index contributed by atoms with van der Waals surface area (Å²) in [6, 6.07) is 7.57. The highest BCUT2D eigenvalue weighted by Gasteiger charge is 2.39. The SMILES string of the molecule is Cc1c(C2CCCC2)nc(N2CCC(N3C(=O)OCc4ccccc43)CC2)nc1C(F)(F)F. The molecule has 0 spiro atoms. The number of fused-ring (bicyclic) bond motifs is 1. The predicted octanol–water partition coefficient (Wildman–Crippen LogP) is 5.59. The van der Waals surface area contributed by atoms with E-state index in [1.807, 2.05) is 29.2 Å². The molecule has 1 aliphatic carbocycles. The molecule has 0 N–H and O–H groups in total. The molecule has 176 valence electrons. The van der Waals surface area contributed by atoms with Crippen LogP contribution < -0.4 is 9.80 Å². The zero-order valence-electron chi connectivity index (χ0n) is 18.6. The molecule has 1 saturated carbocycles. The summed E-state index contributed by atoms with van der Waals surface area (Å²) in [5.74, 6) is 0.208. The number of rotatable bonds is 3. The first-order chi connectivity index (χ1) is 15.8. The minimum Gasteiger partial charge on any atom is -0.444 e. The van der Waals surface area contributed by atoms with Crippen LogP contribution in [-0.2, 0) is 17.5 Å². The van der Waals surface area contributed by atoms with Gasteiger partial charge in [0.05, 0.1) is 11.4 Å². The molecule has 5 rings (SSSR count). The highest BCUT2D eigenvalue weighted by Crippen LogP contribution is 2.40.